The molecule has 0 aromatic rings. The molecule has 1 unspecified atom stereocenters. The van der Waals surface area contributed by atoms with Crippen LogP contribution in [0.3, 0.4) is 0 Å². The van der Waals surface area contributed by atoms with E-state index in [0.29, 0.717) is 6.61 Å². The zero-order valence-electron chi connectivity index (χ0n) is 6.50. The molecule has 0 rings (SSSR count). The van der Waals surface area contributed by atoms with Gasteiger partial charge in [0, 0.05) is 6.61 Å². The Balaban J connectivity index is 0. The van der Waals surface area contributed by atoms with E-state index < -0.39 is 0 Å². The van der Waals surface area contributed by atoms with E-state index in [0.717, 1.165) is 0 Å². The molecule has 0 radical (unpaired) electrons. The number of carbonyl (C=O) groups is 1. The lowest BCUT2D eigenvalue weighted by atomic mass is 10.3. The Hall–Kier alpha value is -0.450. The van der Waals surface area contributed by atoms with Gasteiger partial charge in [0.25, 0.3) is 0 Å². The molecular weight excluding hydrogens is 136 g/mol. The van der Waals surface area contributed by atoms with Gasteiger partial charge >= 0.3 is 0 Å². The molecule has 0 bridgehead atoms. The summed E-state index contributed by atoms with van der Waals surface area (Å²) in [6.45, 7) is 5.77. The lowest BCUT2D eigenvalue weighted by Gasteiger charge is -2.04. The van der Waals surface area contributed by atoms with Crippen LogP contribution < -0.4 is 0 Å². The number of carbonyl (C=O) groups excluding carboxylic acids is 1. The van der Waals surface area contributed by atoms with Gasteiger partial charge in [0.1, 0.15) is 6.10 Å². The summed E-state index contributed by atoms with van der Waals surface area (Å²) in [6, 6.07) is 0. The number of hydrogen-bond donors (Lipinski definition) is 2. The lowest BCUT2D eigenvalue weighted by molar-refractivity contribution is -0.176. The Bertz CT molecular complexity index is 81.8. The van der Waals surface area contributed by atoms with Gasteiger partial charge in [-0.1, -0.05) is 0 Å². The summed E-state index contributed by atoms with van der Waals surface area (Å²) in [4.78, 5) is 10.4. The van der Waals surface area contributed by atoms with Crippen LogP contribution in [-0.4, -0.2) is 29.0 Å². The Morgan fingerprint density at radius 2 is 2.00 bits per heavy atom. The van der Waals surface area contributed by atoms with Gasteiger partial charge in [-0.25, -0.2) is 0 Å². The van der Waals surface area contributed by atoms with Gasteiger partial charge in [0.05, 0.1) is 0 Å². The van der Waals surface area contributed by atoms with Crippen molar-refractivity contribution >= 4 is 5.78 Å². The highest BCUT2D eigenvalue weighted by Gasteiger charge is 2.03. The molecule has 0 amide bonds. The maximum absolute atomic E-state index is 10.4. The fraction of sp³-hybridized carbons (Fsp3) is 0.833. The fourth-order valence-electron chi connectivity index (χ4n) is 0.367. The van der Waals surface area contributed by atoms with Crippen molar-refractivity contribution in [3.05, 3.63) is 0 Å². The largest absolute Gasteiger partial charge is 0.371 e. The van der Waals surface area contributed by atoms with E-state index in [1.54, 1.807) is 6.92 Å². The molecule has 0 aliphatic heterocycles. The van der Waals surface area contributed by atoms with Crippen molar-refractivity contribution in [2.24, 2.45) is 0 Å². The third kappa shape index (κ3) is 7.55. The van der Waals surface area contributed by atoms with Gasteiger partial charge in [0.15, 0.2) is 5.78 Å². The van der Waals surface area contributed by atoms with Gasteiger partial charge < -0.3 is 4.74 Å². The standard InChI is InChI=1S/C6H12O2.H2O2/c1-4-8-6(3)5(2)7;1-2/h6H,4H2,1-3H3;1-2H. The minimum atomic E-state index is -0.222. The number of ether oxygens (including phenoxy) is 1. The van der Waals surface area contributed by atoms with Crippen LogP contribution in [0.15, 0.2) is 0 Å². The molecule has 0 aromatic heterocycles. The Labute approximate surface area is 60.4 Å². The molecule has 4 nitrogen and oxygen atoms in total. The van der Waals surface area contributed by atoms with Crippen molar-refractivity contribution in [2.75, 3.05) is 6.61 Å². The number of Topliss-reactive ketones (excluding diaryl/α,β-unsaturated/α-hetero) is 1. The molecule has 0 spiro atoms. The molecule has 1 atom stereocenters. The van der Waals surface area contributed by atoms with Crippen LogP contribution in [-0.2, 0) is 9.53 Å². The highest BCUT2D eigenvalue weighted by Crippen LogP contribution is 1.89. The van der Waals surface area contributed by atoms with Crippen LogP contribution in [0.4, 0.5) is 0 Å². The zero-order chi connectivity index (χ0) is 8.57. The number of hydrogen-bond acceptors (Lipinski definition) is 4. The maximum Gasteiger partial charge on any atom is 0.158 e. The molecule has 0 fully saturated rings. The Morgan fingerprint density at radius 1 is 1.60 bits per heavy atom. The van der Waals surface area contributed by atoms with Crippen LogP contribution in [0.25, 0.3) is 0 Å². The minimum absolute atomic E-state index is 0.0897. The first-order chi connectivity index (χ1) is 4.68. The smallest absolute Gasteiger partial charge is 0.158 e. The molecule has 0 aliphatic carbocycles. The summed E-state index contributed by atoms with van der Waals surface area (Å²) in [5.74, 6) is 0.0897. The van der Waals surface area contributed by atoms with E-state index in [-0.39, 0.29) is 11.9 Å². The summed E-state index contributed by atoms with van der Waals surface area (Å²) >= 11 is 0. The van der Waals surface area contributed by atoms with E-state index in [9.17, 15) is 4.79 Å². The first-order valence-electron chi connectivity index (χ1n) is 3.00. The van der Waals surface area contributed by atoms with Crippen LogP contribution in [0, 0.1) is 0 Å². The van der Waals surface area contributed by atoms with Crippen LogP contribution in [0.1, 0.15) is 20.8 Å². The van der Waals surface area contributed by atoms with E-state index in [4.69, 9.17) is 15.3 Å². The second kappa shape index (κ2) is 8.55. The lowest BCUT2D eigenvalue weighted by Crippen LogP contribution is -2.16. The van der Waals surface area contributed by atoms with Gasteiger partial charge in [-0.05, 0) is 20.8 Å². The molecule has 10 heavy (non-hydrogen) atoms. The van der Waals surface area contributed by atoms with E-state index in [1.165, 1.54) is 6.92 Å². The van der Waals surface area contributed by atoms with Crippen molar-refractivity contribution < 1.29 is 20.0 Å². The average molecular weight is 150 g/mol. The fourth-order valence-corrected chi connectivity index (χ4v) is 0.367. The predicted molar refractivity (Wildman–Crippen MR) is 37.0 cm³/mol. The third-order valence-corrected chi connectivity index (χ3v) is 0.989. The van der Waals surface area contributed by atoms with E-state index in [1.807, 2.05) is 6.92 Å². The summed E-state index contributed by atoms with van der Waals surface area (Å²) in [7, 11) is 0. The first-order valence-corrected chi connectivity index (χ1v) is 3.00. The predicted octanol–water partition coefficient (Wildman–Crippen LogP) is 1.02. The molecular formula is C6H14O4. The normalized spacial score (nSPS) is 11.3. The Morgan fingerprint density at radius 3 is 2.10 bits per heavy atom. The summed E-state index contributed by atoms with van der Waals surface area (Å²) < 4.78 is 4.95. The highest BCUT2D eigenvalue weighted by molar-refractivity contribution is 5.79. The second-order valence-electron chi connectivity index (χ2n) is 1.71. The van der Waals surface area contributed by atoms with E-state index in [2.05, 4.69) is 0 Å². The topological polar surface area (TPSA) is 66.8 Å². The zero-order valence-corrected chi connectivity index (χ0v) is 6.50. The second-order valence-corrected chi connectivity index (χ2v) is 1.71. The summed E-state index contributed by atoms with van der Waals surface area (Å²) in [5.41, 5.74) is 0. The van der Waals surface area contributed by atoms with Crippen LogP contribution >= 0.6 is 0 Å². The molecule has 0 aromatic carbocycles. The molecule has 62 valence electrons. The quantitative estimate of drug-likeness (QED) is 0.465. The first kappa shape index (κ1) is 12.2. The molecule has 0 heterocycles. The molecule has 0 saturated carbocycles. The highest BCUT2D eigenvalue weighted by atomic mass is 17.0. The van der Waals surface area contributed by atoms with E-state index >= 15 is 0 Å². The van der Waals surface area contributed by atoms with Crippen molar-refractivity contribution in [2.45, 2.75) is 26.9 Å². The van der Waals surface area contributed by atoms with Gasteiger partial charge in [-0.15, -0.1) is 0 Å². The SMILES string of the molecule is CCOC(C)C(C)=O.OO. The van der Waals surface area contributed by atoms with Gasteiger partial charge in [-0.3, -0.25) is 15.3 Å². The minimum Gasteiger partial charge on any atom is -0.371 e. The monoisotopic (exact) mass is 150 g/mol. The van der Waals surface area contributed by atoms with Gasteiger partial charge in [-0.2, -0.15) is 0 Å². The summed E-state index contributed by atoms with van der Waals surface area (Å²) in [5, 5.41) is 12.0. The van der Waals surface area contributed by atoms with Crippen molar-refractivity contribution in [3.63, 3.8) is 0 Å². The number of ketones is 1. The molecule has 0 saturated heterocycles. The molecule has 2 N–H and O–H groups in total. The average Bonchev–Trinajstić information content (AvgIpc) is 1.93. The van der Waals surface area contributed by atoms with Crippen molar-refractivity contribution in [1.82, 2.24) is 0 Å². The van der Waals surface area contributed by atoms with Crippen molar-refractivity contribution in [1.29, 1.82) is 0 Å². The maximum atomic E-state index is 10.4. The number of rotatable bonds is 3. The van der Waals surface area contributed by atoms with Crippen LogP contribution in [0.2, 0.25) is 0 Å². The third-order valence-electron chi connectivity index (χ3n) is 0.989. The van der Waals surface area contributed by atoms with Crippen molar-refractivity contribution in [3.8, 4) is 0 Å². The molecule has 0 aliphatic rings. The molecule has 4 heteroatoms. The summed E-state index contributed by atoms with van der Waals surface area (Å²) in [6.07, 6.45) is -0.222. The van der Waals surface area contributed by atoms with Gasteiger partial charge in [0.2, 0.25) is 0 Å². The van der Waals surface area contributed by atoms with Crippen LogP contribution in [0.5, 0.6) is 0 Å². The Kier molecular flexibility index (Phi) is 10.5.